The van der Waals surface area contributed by atoms with Gasteiger partial charge in [-0.2, -0.15) is 0 Å². The number of carbonyl (C=O) groups is 1. The summed E-state index contributed by atoms with van der Waals surface area (Å²) < 4.78 is 5.36. The topological polar surface area (TPSA) is 68.0 Å². The van der Waals surface area contributed by atoms with Crippen LogP contribution in [-0.4, -0.2) is 15.9 Å². The lowest BCUT2D eigenvalue weighted by Gasteiger charge is -2.17. The number of rotatable bonds is 4. The van der Waals surface area contributed by atoms with Crippen LogP contribution in [0.15, 0.2) is 47.4 Å². The molecule has 1 unspecified atom stereocenters. The van der Waals surface area contributed by atoms with E-state index in [9.17, 15) is 4.79 Å². The smallest absolute Gasteiger partial charge is 0.223 e. The first-order valence-corrected chi connectivity index (χ1v) is 7.11. The maximum atomic E-state index is 12.2. The van der Waals surface area contributed by atoms with Gasteiger partial charge in [-0.3, -0.25) is 9.78 Å². The molecule has 1 aliphatic rings. The highest BCUT2D eigenvalue weighted by atomic mass is 16.3. The van der Waals surface area contributed by atoms with Crippen LogP contribution in [-0.2, 0) is 11.3 Å². The van der Waals surface area contributed by atoms with Gasteiger partial charge in [-0.05, 0) is 31.4 Å². The van der Waals surface area contributed by atoms with E-state index >= 15 is 0 Å². The third-order valence-electron chi connectivity index (χ3n) is 3.60. The minimum Gasteiger partial charge on any atom is -0.463 e. The lowest BCUT2D eigenvalue weighted by molar-refractivity contribution is -0.125. The maximum Gasteiger partial charge on any atom is 0.223 e. The van der Waals surface area contributed by atoms with Crippen LogP contribution >= 0.6 is 0 Å². The first kappa shape index (κ1) is 13.5. The van der Waals surface area contributed by atoms with E-state index < -0.39 is 0 Å². The molecule has 0 bridgehead atoms. The van der Waals surface area contributed by atoms with Gasteiger partial charge in [0.1, 0.15) is 5.69 Å². The van der Waals surface area contributed by atoms with Crippen molar-refractivity contribution >= 4 is 5.91 Å². The summed E-state index contributed by atoms with van der Waals surface area (Å²) >= 11 is 0. The van der Waals surface area contributed by atoms with Gasteiger partial charge in [0, 0.05) is 18.3 Å². The molecule has 5 heteroatoms. The molecule has 2 aromatic rings. The molecule has 1 amide bonds. The van der Waals surface area contributed by atoms with Gasteiger partial charge in [-0.1, -0.05) is 12.2 Å². The molecule has 2 heterocycles. The molecule has 21 heavy (non-hydrogen) atoms. The average molecular weight is 283 g/mol. The van der Waals surface area contributed by atoms with Gasteiger partial charge in [0.05, 0.1) is 18.5 Å². The van der Waals surface area contributed by atoms with E-state index in [0.717, 1.165) is 19.3 Å². The first-order chi connectivity index (χ1) is 10.3. The van der Waals surface area contributed by atoms with Crippen molar-refractivity contribution in [3.63, 3.8) is 0 Å². The monoisotopic (exact) mass is 283 g/mol. The van der Waals surface area contributed by atoms with Crippen LogP contribution in [0.5, 0.6) is 0 Å². The predicted octanol–water partition coefficient (Wildman–Crippen LogP) is 2.71. The van der Waals surface area contributed by atoms with E-state index in [1.165, 1.54) is 0 Å². The Kier molecular flexibility index (Phi) is 4.09. The number of furan rings is 1. The summed E-state index contributed by atoms with van der Waals surface area (Å²) in [5, 5.41) is 2.95. The summed E-state index contributed by atoms with van der Waals surface area (Å²) in [4.78, 5) is 20.7. The van der Waals surface area contributed by atoms with E-state index in [1.54, 1.807) is 24.7 Å². The number of hydrogen-bond donors (Lipinski definition) is 1. The third kappa shape index (κ3) is 3.18. The van der Waals surface area contributed by atoms with Crippen LogP contribution < -0.4 is 5.32 Å². The van der Waals surface area contributed by atoms with E-state index in [2.05, 4.69) is 27.4 Å². The molecule has 5 nitrogen and oxygen atoms in total. The summed E-state index contributed by atoms with van der Waals surface area (Å²) in [5.41, 5.74) is 1.39. The Balaban J connectivity index is 1.68. The quantitative estimate of drug-likeness (QED) is 0.876. The fourth-order valence-corrected chi connectivity index (χ4v) is 2.46. The summed E-state index contributed by atoms with van der Waals surface area (Å²) in [5.74, 6) is 0.807. The molecule has 0 spiro atoms. The zero-order valence-corrected chi connectivity index (χ0v) is 11.7. The molecule has 0 aromatic carbocycles. The number of nitrogens with zero attached hydrogens (tertiary/aromatic N) is 2. The van der Waals surface area contributed by atoms with E-state index in [4.69, 9.17) is 4.42 Å². The molecule has 108 valence electrons. The number of amides is 1. The number of aromatic nitrogens is 2. The number of allylic oxidation sites excluding steroid dienone is 2. The van der Waals surface area contributed by atoms with Crippen molar-refractivity contribution in [1.82, 2.24) is 15.3 Å². The van der Waals surface area contributed by atoms with Gasteiger partial charge < -0.3 is 9.73 Å². The molecule has 0 saturated carbocycles. The molecule has 2 aromatic heterocycles. The second-order valence-electron chi connectivity index (χ2n) is 5.03. The Morgan fingerprint density at radius 2 is 2.24 bits per heavy atom. The minimum atomic E-state index is 0.0683. The van der Waals surface area contributed by atoms with Gasteiger partial charge >= 0.3 is 0 Å². The van der Waals surface area contributed by atoms with E-state index in [1.807, 2.05) is 6.07 Å². The van der Waals surface area contributed by atoms with Crippen molar-refractivity contribution in [2.24, 2.45) is 5.92 Å². The summed E-state index contributed by atoms with van der Waals surface area (Å²) in [6, 6.07) is 3.64. The van der Waals surface area contributed by atoms with Crippen molar-refractivity contribution in [1.29, 1.82) is 0 Å². The fourth-order valence-electron chi connectivity index (χ4n) is 2.46. The number of carbonyl (C=O) groups excluding carboxylic acids is 1. The van der Waals surface area contributed by atoms with Crippen molar-refractivity contribution in [3.05, 3.63) is 48.6 Å². The summed E-state index contributed by atoms with van der Waals surface area (Å²) in [6.07, 6.45) is 11.7. The van der Waals surface area contributed by atoms with Gasteiger partial charge in [0.15, 0.2) is 5.76 Å². The standard InChI is InChI=1S/C16H17N3O2/c20-16(12-5-2-1-3-6-12)19-11-13-15(18-9-8-17-13)14-7-4-10-21-14/h1-2,4,7-10,12H,3,5-6,11H2,(H,19,20). The van der Waals surface area contributed by atoms with Crippen molar-refractivity contribution in [2.75, 3.05) is 0 Å². The van der Waals surface area contributed by atoms with Crippen LogP contribution in [0.3, 0.4) is 0 Å². The molecule has 0 aliphatic heterocycles. The molecule has 0 saturated heterocycles. The molecule has 1 N–H and O–H groups in total. The largest absolute Gasteiger partial charge is 0.463 e. The predicted molar refractivity (Wildman–Crippen MR) is 78.1 cm³/mol. The van der Waals surface area contributed by atoms with Gasteiger partial charge in [0.2, 0.25) is 5.91 Å². The molecule has 0 fully saturated rings. The van der Waals surface area contributed by atoms with Crippen LogP contribution in [0, 0.1) is 5.92 Å². The zero-order chi connectivity index (χ0) is 14.5. The summed E-state index contributed by atoms with van der Waals surface area (Å²) in [7, 11) is 0. The normalized spacial score (nSPS) is 17.6. The number of nitrogens with one attached hydrogen (secondary N) is 1. The SMILES string of the molecule is O=C(NCc1nccnc1-c1ccco1)C1CC=CCC1. The lowest BCUT2D eigenvalue weighted by Crippen LogP contribution is -2.31. The van der Waals surface area contributed by atoms with Crippen LogP contribution in [0.4, 0.5) is 0 Å². The second-order valence-corrected chi connectivity index (χ2v) is 5.03. The Morgan fingerprint density at radius 1 is 1.33 bits per heavy atom. The highest BCUT2D eigenvalue weighted by molar-refractivity contribution is 5.79. The second kappa shape index (κ2) is 6.35. The molecule has 3 rings (SSSR count). The zero-order valence-electron chi connectivity index (χ0n) is 11.7. The lowest BCUT2D eigenvalue weighted by atomic mass is 9.94. The van der Waals surface area contributed by atoms with Gasteiger partial charge in [0.25, 0.3) is 0 Å². The molecular weight excluding hydrogens is 266 g/mol. The van der Waals surface area contributed by atoms with Gasteiger partial charge in [-0.25, -0.2) is 4.98 Å². The third-order valence-corrected chi connectivity index (χ3v) is 3.60. The van der Waals surface area contributed by atoms with Crippen LogP contribution in [0.1, 0.15) is 25.0 Å². The van der Waals surface area contributed by atoms with Crippen LogP contribution in [0.25, 0.3) is 11.5 Å². The highest BCUT2D eigenvalue weighted by Crippen LogP contribution is 2.21. The Morgan fingerprint density at radius 3 is 3.00 bits per heavy atom. The first-order valence-electron chi connectivity index (χ1n) is 7.11. The Bertz CT molecular complexity index is 635. The average Bonchev–Trinajstić information content (AvgIpc) is 3.08. The summed E-state index contributed by atoms with van der Waals surface area (Å²) in [6.45, 7) is 0.364. The fraction of sp³-hybridized carbons (Fsp3) is 0.312. The van der Waals surface area contributed by atoms with Gasteiger partial charge in [-0.15, -0.1) is 0 Å². The molecular formula is C16H17N3O2. The van der Waals surface area contributed by atoms with Crippen LogP contribution in [0.2, 0.25) is 0 Å². The highest BCUT2D eigenvalue weighted by Gasteiger charge is 2.19. The Labute approximate surface area is 123 Å². The molecule has 1 atom stereocenters. The number of hydrogen-bond acceptors (Lipinski definition) is 4. The minimum absolute atomic E-state index is 0.0683. The molecule has 0 radical (unpaired) electrons. The molecule has 1 aliphatic carbocycles. The van der Waals surface area contributed by atoms with E-state index in [-0.39, 0.29) is 11.8 Å². The van der Waals surface area contributed by atoms with E-state index in [0.29, 0.717) is 23.7 Å². The van der Waals surface area contributed by atoms with Crippen molar-refractivity contribution < 1.29 is 9.21 Å². The van der Waals surface area contributed by atoms with Crippen molar-refractivity contribution in [2.45, 2.75) is 25.8 Å². The Hall–Kier alpha value is -2.43. The maximum absolute atomic E-state index is 12.2. The van der Waals surface area contributed by atoms with Crippen molar-refractivity contribution in [3.8, 4) is 11.5 Å².